The topological polar surface area (TPSA) is 92.8 Å². The van der Waals surface area contributed by atoms with Crippen LogP contribution in [0.3, 0.4) is 0 Å². The van der Waals surface area contributed by atoms with Crippen molar-refractivity contribution in [3.05, 3.63) is 66.2 Å². The Morgan fingerprint density at radius 1 is 1.19 bits per heavy atom. The van der Waals surface area contributed by atoms with E-state index in [1.807, 2.05) is 30.5 Å². The second kappa shape index (κ2) is 6.36. The average Bonchev–Trinajstić information content (AvgIpc) is 3.37. The van der Waals surface area contributed by atoms with Crippen LogP contribution in [0.4, 0.5) is 0 Å². The van der Waals surface area contributed by atoms with Crippen LogP contribution in [0.1, 0.15) is 21.0 Å². The van der Waals surface area contributed by atoms with Crippen LogP contribution in [0.15, 0.2) is 54.9 Å². The van der Waals surface area contributed by atoms with E-state index in [1.54, 1.807) is 36.0 Å². The van der Waals surface area contributed by atoms with E-state index in [4.69, 9.17) is 4.74 Å². The summed E-state index contributed by atoms with van der Waals surface area (Å²) < 4.78 is 6.79. The van der Waals surface area contributed by atoms with Crippen LogP contribution in [0, 0.1) is 0 Å². The molecule has 7 nitrogen and oxygen atoms in total. The molecule has 0 amide bonds. The number of rotatable bonds is 5. The first kappa shape index (κ1) is 15.9. The molecule has 0 bridgehead atoms. The molecule has 0 aliphatic carbocycles. The number of esters is 1. The number of hydrogen-bond acceptors (Lipinski definition) is 4. The molecule has 0 unspecified atom stereocenters. The number of benzene rings is 1. The van der Waals surface area contributed by atoms with E-state index in [0.717, 1.165) is 16.5 Å². The van der Waals surface area contributed by atoms with Crippen molar-refractivity contribution in [1.29, 1.82) is 0 Å². The second-order valence-corrected chi connectivity index (χ2v) is 5.92. The highest BCUT2D eigenvalue weighted by atomic mass is 16.5. The number of aryl methyl sites for hydroxylation is 1. The van der Waals surface area contributed by atoms with Crippen LogP contribution in [0.2, 0.25) is 0 Å². The number of para-hydroxylation sites is 1. The zero-order valence-electron chi connectivity index (χ0n) is 14.0. The number of aromatic amines is 2. The van der Waals surface area contributed by atoms with E-state index < -0.39 is 5.97 Å². The first-order valence-corrected chi connectivity index (χ1v) is 8.07. The molecule has 4 rings (SSSR count). The normalized spacial score (nSPS) is 11.0. The predicted molar refractivity (Wildman–Crippen MR) is 95.9 cm³/mol. The van der Waals surface area contributed by atoms with Gasteiger partial charge < -0.3 is 14.3 Å². The minimum Gasteiger partial charge on any atom is -0.453 e. The van der Waals surface area contributed by atoms with Gasteiger partial charge in [0.1, 0.15) is 5.69 Å². The second-order valence-electron chi connectivity index (χ2n) is 5.92. The van der Waals surface area contributed by atoms with Gasteiger partial charge in [0.25, 0.3) is 0 Å². The molecule has 3 heterocycles. The summed E-state index contributed by atoms with van der Waals surface area (Å²) in [5, 5.41) is 7.87. The first-order valence-electron chi connectivity index (χ1n) is 8.07. The van der Waals surface area contributed by atoms with Crippen molar-refractivity contribution in [3.8, 4) is 11.3 Å². The third-order valence-electron chi connectivity index (χ3n) is 4.23. The van der Waals surface area contributed by atoms with Crippen LogP contribution < -0.4 is 0 Å². The quantitative estimate of drug-likeness (QED) is 0.428. The highest BCUT2D eigenvalue weighted by Crippen LogP contribution is 2.27. The van der Waals surface area contributed by atoms with Gasteiger partial charge in [-0.15, -0.1) is 0 Å². The molecule has 2 N–H and O–H groups in total. The smallest absolute Gasteiger partial charge is 0.356 e. The summed E-state index contributed by atoms with van der Waals surface area (Å²) in [4.78, 5) is 27.4. The van der Waals surface area contributed by atoms with Crippen molar-refractivity contribution < 1.29 is 14.3 Å². The highest BCUT2D eigenvalue weighted by Gasteiger charge is 2.17. The number of nitrogens with zero attached hydrogens (tertiary/aromatic N) is 2. The van der Waals surface area contributed by atoms with Crippen LogP contribution in [0.25, 0.3) is 22.2 Å². The number of H-pyrrole nitrogens is 2. The Morgan fingerprint density at radius 2 is 2.04 bits per heavy atom. The van der Waals surface area contributed by atoms with Gasteiger partial charge in [-0.2, -0.15) is 5.10 Å². The maximum Gasteiger partial charge on any atom is 0.356 e. The van der Waals surface area contributed by atoms with Gasteiger partial charge in [0.2, 0.25) is 5.78 Å². The number of carbonyl (C=O) groups excluding carboxylic acids is 2. The largest absolute Gasteiger partial charge is 0.453 e. The third-order valence-corrected chi connectivity index (χ3v) is 4.23. The SMILES string of the molecule is Cn1cccc1C(=O)COC(=O)c1cc(-c2c[nH]c3ccccc23)n[nH]1. The number of carbonyl (C=O) groups is 2. The van der Waals surface area contributed by atoms with Gasteiger partial charge in [-0.05, 0) is 24.3 Å². The minimum atomic E-state index is -0.619. The van der Waals surface area contributed by atoms with Crippen LogP contribution in [-0.4, -0.2) is 38.1 Å². The van der Waals surface area contributed by atoms with Crippen molar-refractivity contribution in [1.82, 2.24) is 19.7 Å². The zero-order valence-corrected chi connectivity index (χ0v) is 14.0. The molecular weight excluding hydrogens is 332 g/mol. The lowest BCUT2D eigenvalue weighted by atomic mass is 10.1. The lowest BCUT2D eigenvalue weighted by molar-refractivity contribution is 0.0466. The van der Waals surface area contributed by atoms with Crippen molar-refractivity contribution in [3.63, 3.8) is 0 Å². The number of aromatic nitrogens is 4. The first-order chi connectivity index (χ1) is 12.6. The molecule has 0 saturated heterocycles. The summed E-state index contributed by atoms with van der Waals surface area (Å²) in [6.07, 6.45) is 3.60. The number of nitrogens with one attached hydrogen (secondary N) is 2. The van der Waals surface area contributed by atoms with E-state index in [2.05, 4.69) is 15.2 Å². The van der Waals surface area contributed by atoms with Crippen molar-refractivity contribution >= 4 is 22.7 Å². The fourth-order valence-corrected chi connectivity index (χ4v) is 2.88. The van der Waals surface area contributed by atoms with Crippen molar-refractivity contribution in [2.45, 2.75) is 0 Å². The van der Waals surface area contributed by atoms with E-state index >= 15 is 0 Å². The third kappa shape index (κ3) is 2.79. The molecule has 130 valence electrons. The average molecular weight is 348 g/mol. The number of Topliss-reactive ketones (excluding diaryl/α,β-unsaturated/α-hetero) is 1. The van der Waals surface area contributed by atoms with Crippen LogP contribution >= 0.6 is 0 Å². The van der Waals surface area contributed by atoms with Crippen molar-refractivity contribution in [2.75, 3.05) is 6.61 Å². The zero-order chi connectivity index (χ0) is 18.1. The van der Waals surface area contributed by atoms with Crippen LogP contribution in [0.5, 0.6) is 0 Å². The fourth-order valence-electron chi connectivity index (χ4n) is 2.88. The molecule has 1 aromatic carbocycles. The Morgan fingerprint density at radius 3 is 2.85 bits per heavy atom. The van der Waals surface area contributed by atoms with Crippen LogP contribution in [-0.2, 0) is 11.8 Å². The van der Waals surface area contributed by atoms with Gasteiger partial charge in [-0.1, -0.05) is 18.2 Å². The summed E-state index contributed by atoms with van der Waals surface area (Å²) >= 11 is 0. The summed E-state index contributed by atoms with van der Waals surface area (Å²) in [6, 6.07) is 12.9. The molecule has 3 aromatic heterocycles. The Hall–Kier alpha value is -3.61. The van der Waals surface area contributed by atoms with Crippen molar-refractivity contribution in [2.24, 2.45) is 7.05 Å². The minimum absolute atomic E-state index is 0.199. The van der Waals surface area contributed by atoms with Gasteiger partial charge in [0.15, 0.2) is 6.61 Å². The molecule has 0 fully saturated rings. The lowest BCUT2D eigenvalue weighted by Gasteiger charge is -2.03. The Kier molecular flexibility index (Phi) is 3.89. The van der Waals surface area contributed by atoms with Gasteiger partial charge in [0.05, 0.1) is 11.4 Å². The maximum atomic E-state index is 12.2. The molecule has 26 heavy (non-hydrogen) atoms. The summed E-state index contributed by atoms with van der Waals surface area (Å²) in [7, 11) is 1.76. The number of fused-ring (bicyclic) bond motifs is 1. The van der Waals surface area contributed by atoms with E-state index in [0.29, 0.717) is 11.4 Å². The molecule has 0 atom stereocenters. The lowest BCUT2D eigenvalue weighted by Crippen LogP contribution is -2.16. The predicted octanol–water partition coefficient (Wildman–Crippen LogP) is 2.94. The number of hydrogen-bond donors (Lipinski definition) is 2. The van der Waals surface area contributed by atoms with Gasteiger partial charge in [0, 0.05) is 35.9 Å². The molecule has 7 heteroatoms. The summed E-state index contributed by atoms with van der Waals surface area (Å²) in [5.74, 6) is -0.881. The van der Waals surface area contributed by atoms with E-state index in [9.17, 15) is 9.59 Å². The van der Waals surface area contributed by atoms with Gasteiger partial charge >= 0.3 is 5.97 Å². The molecule has 0 radical (unpaired) electrons. The molecule has 4 aromatic rings. The highest BCUT2D eigenvalue weighted by molar-refractivity contribution is 5.99. The molecule has 0 saturated carbocycles. The Bertz CT molecular complexity index is 1100. The Labute approximate surface area is 148 Å². The molecule has 0 aliphatic heterocycles. The van der Waals surface area contributed by atoms with Gasteiger partial charge in [-0.25, -0.2) is 4.79 Å². The van der Waals surface area contributed by atoms with E-state index in [-0.39, 0.29) is 18.1 Å². The Balaban J connectivity index is 1.48. The summed E-state index contributed by atoms with van der Waals surface area (Å²) in [6.45, 7) is -0.321. The molecule has 0 spiro atoms. The maximum absolute atomic E-state index is 12.2. The summed E-state index contributed by atoms with van der Waals surface area (Å²) in [5.41, 5.74) is 3.19. The number of ether oxygens (including phenoxy) is 1. The molecular formula is C19H16N4O3. The fraction of sp³-hybridized carbons (Fsp3) is 0.105. The molecule has 0 aliphatic rings. The monoisotopic (exact) mass is 348 g/mol. The van der Waals surface area contributed by atoms with E-state index in [1.165, 1.54) is 0 Å². The standard InChI is InChI=1S/C19H16N4O3/c1-23-8-4-7-17(23)18(24)11-26-19(25)16-9-15(21-22-16)13-10-20-14-6-3-2-5-12(13)14/h2-10,20H,11H2,1H3,(H,21,22). The van der Waals surface area contributed by atoms with Gasteiger partial charge in [-0.3, -0.25) is 9.89 Å². The number of ketones is 1.